The second-order valence-corrected chi connectivity index (χ2v) is 6.02. The van der Waals surface area contributed by atoms with Gasteiger partial charge in [0.2, 0.25) is 0 Å². The number of hydrogen-bond acceptors (Lipinski definition) is 4. The number of fused-ring (bicyclic) bond motifs is 1. The third-order valence-corrected chi connectivity index (χ3v) is 4.50. The van der Waals surface area contributed by atoms with Gasteiger partial charge in [-0.1, -0.05) is 5.16 Å². The van der Waals surface area contributed by atoms with Crippen LogP contribution in [0, 0.1) is 5.92 Å². The minimum Gasteiger partial charge on any atom is -0.481 e. The lowest BCUT2D eigenvalue weighted by molar-refractivity contribution is -0.143. The maximum atomic E-state index is 12.2. The van der Waals surface area contributed by atoms with Crippen molar-refractivity contribution in [2.24, 2.45) is 5.92 Å². The fourth-order valence-electron chi connectivity index (χ4n) is 3.22. The third kappa shape index (κ3) is 3.08. The zero-order valence-corrected chi connectivity index (χ0v) is 12.5. The van der Waals surface area contributed by atoms with Crippen LogP contribution in [-0.4, -0.2) is 40.3 Å². The minimum atomic E-state index is -0.830. The first-order valence-electron chi connectivity index (χ1n) is 7.87. The molecule has 0 spiro atoms. The number of rotatable bonds is 3. The monoisotopic (exact) mass is 307 g/mol. The lowest BCUT2D eigenvalue weighted by Crippen LogP contribution is -2.46. The van der Waals surface area contributed by atoms with Gasteiger partial charge in [0.1, 0.15) is 11.5 Å². The summed E-state index contributed by atoms with van der Waals surface area (Å²) in [5, 5.41) is 16.0. The molecule has 0 radical (unpaired) electrons. The first kappa shape index (κ1) is 14.9. The minimum absolute atomic E-state index is 0.224. The van der Waals surface area contributed by atoms with E-state index in [1.54, 1.807) is 4.90 Å². The van der Waals surface area contributed by atoms with Crippen LogP contribution in [0.3, 0.4) is 0 Å². The molecule has 1 saturated heterocycles. The van der Waals surface area contributed by atoms with E-state index >= 15 is 0 Å². The number of carbonyl (C=O) groups excluding carboxylic acids is 1. The van der Waals surface area contributed by atoms with Gasteiger partial charge in [0.05, 0.1) is 12.5 Å². The summed E-state index contributed by atoms with van der Waals surface area (Å²) in [4.78, 5) is 24.8. The average Bonchev–Trinajstić information content (AvgIpc) is 2.96. The van der Waals surface area contributed by atoms with Crippen molar-refractivity contribution in [3.63, 3.8) is 0 Å². The zero-order chi connectivity index (χ0) is 15.5. The molecule has 1 aromatic rings. The predicted octanol–water partition coefficient (Wildman–Crippen LogP) is 1.56. The summed E-state index contributed by atoms with van der Waals surface area (Å²) in [5.41, 5.74) is 1.93. The highest BCUT2D eigenvalue weighted by Crippen LogP contribution is 2.24. The summed E-state index contributed by atoms with van der Waals surface area (Å²) >= 11 is 0. The van der Waals surface area contributed by atoms with Crippen molar-refractivity contribution < 1.29 is 19.2 Å². The molecule has 1 aliphatic heterocycles. The maximum Gasteiger partial charge on any atom is 0.317 e. The standard InChI is InChI=1S/C15H21N3O4/c19-14(20)10-4-3-7-18(9-10)15(21)16-8-12-11-5-1-2-6-13(11)22-17-12/h10H,1-9H2,(H,16,21)(H,19,20). The van der Waals surface area contributed by atoms with Gasteiger partial charge in [-0.15, -0.1) is 0 Å². The van der Waals surface area contributed by atoms with Crippen LogP contribution in [-0.2, 0) is 24.2 Å². The van der Waals surface area contributed by atoms with Gasteiger partial charge in [0, 0.05) is 25.1 Å². The van der Waals surface area contributed by atoms with Gasteiger partial charge < -0.3 is 19.8 Å². The Balaban J connectivity index is 1.56. The first-order valence-corrected chi connectivity index (χ1v) is 7.87. The van der Waals surface area contributed by atoms with E-state index < -0.39 is 11.9 Å². The number of aliphatic carboxylic acids is 1. The van der Waals surface area contributed by atoms with Crippen molar-refractivity contribution in [2.45, 2.75) is 45.1 Å². The molecule has 1 unspecified atom stereocenters. The van der Waals surface area contributed by atoms with Crippen LogP contribution in [0.5, 0.6) is 0 Å². The lowest BCUT2D eigenvalue weighted by Gasteiger charge is -2.30. The highest BCUT2D eigenvalue weighted by atomic mass is 16.5. The number of amides is 2. The summed E-state index contributed by atoms with van der Waals surface area (Å²) in [6.45, 7) is 1.22. The molecule has 1 atom stereocenters. The van der Waals surface area contributed by atoms with E-state index in [1.807, 2.05) is 0 Å². The molecule has 1 aliphatic carbocycles. The number of carboxylic acid groups (broad SMARTS) is 1. The lowest BCUT2D eigenvalue weighted by atomic mass is 9.96. The van der Waals surface area contributed by atoms with Gasteiger partial charge >= 0.3 is 12.0 Å². The molecule has 7 nitrogen and oxygen atoms in total. The van der Waals surface area contributed by atoms with E-state index in [0.717, 1.165) is 49.1 Å². The van der Waals surface area contributed by atoms with Crippen molar-refractivity contribution in [3.8, 4) is 0 Å². The van der Waals surface area contributed by atoms with E-state index in [-0.39, 0.29) is 12.6 Å². The number of piperidine rings is 1. The number of hydrogen-bond donors (Lipinski definition) is 2. The quantitative estimate of drug-likeness (QED) is 0.883. The van der Waals surface area contributed by atoms with Gasteiger partial charge in [-0.05, 0) is 32.1 Å². The molecule has 2 N–H and O–H groups in total. The van der Waals surface area contributed by atoms with Crippen molar-refractivity contribution in [1.82, 2.24) is 15.4 Å². The summed E-state index contributed by atoms with van der Waals surface area (Å²) in [6, 6.07) is -0.224. The number of nitrogens with one attached hydrogen (secondary N) is 1. The second-order valence-electron chi connectivity index (χ2n) is 6.02. The van der Waals surface area contributed by atoms with E-state index in [4.69, 9.17) is 9.63 Å². The zero-order valence-electron chi connectivity index (χ0n) is 12.5. The van der Waals surface area contributed by atoms with E-state index in [1.165, 1.54) is 0 Å². The van der Waals surface area contributed by atoms with Gasteiger partial charge in [0.25, 0.3) is 0 Å². The molecule has 2 aliphatic rings. The average molecular weight is 307 g/mol. The summed E-state index contributed by atoms with van der Waals surface area (Å²) in [6.07, 6.45) is 5.48. The molecule has 1 fully saturated rings. The Kier molecular flexibility index (Phi) is 4.31. The molecule has 2 amide bonds. The van der Waals surface area contributed by atoms with Crippen LogP contribution in [0.15, 0.2) is 4.52 Å². The summed E-state index contributed by atoms with van der Waals surface area (Å²) in [7, 11) is 0. The first-order chi connectivity index (χ1) is 10.6. The van der Waals surface area contributed by atoms with Crippen molar-refractivity contribution in [2.75, 3.05) is 13.1 Å². The molecule has 1 aromatic heterocycles. The number of likely N-dealkylation sites (tertiary alicyclic amines) is 1. The van der Waals surface area contributed by atoms with Gasteiger partial charge in [-0.25, -0.2) is 4.79 Å². The summed E-state index contributed by atoms with van der Waals surface area (Å²) < 4.78 is 5.32. The SMILES string of the molecule is O=C(O)C1CCCN(C(=O)NCc2noc3c2CCCC3)C1. The van der Waals surface area contributed by atoms with Crippen molar-refractivity contribution in [3.05, 3.63) is 17.0 Å². The molecule has 22 heavy (non-hydrogen) atoms. The topological polar surface area (TPSA) is 95.7 Å². The number of nitrogens with zero attached hydrogens (tertiary/aromatic N) is 2. The maximum absolute atomic E-state index is 12.2. The number of carboxylic acids is 1. The Morgan fingerprint density at radius 2 is 2.14 bits per heavy atom. The van der Waals surface area contributed by atoms with Gasteiger partial charge in [-0.3, -0.25) is 4.79 Å². The normalized spacial score (nSPS) is 21.3. The number of urea groups is 1. The summed E-state index contributed by atoms with van der Waals surface area (Å²) in [5.74, 6) is -0.346. The molecule has 120 valence electrons. The smallest absolute Gasteiger partial charge is 0.317 e. The molecular formula is C15H21N3O4. The number of carbonyl (C=O) groups is 2. The molecule has 0 aromatic carbocycles. The van der Waals surface area contributed by atoms with Crippen LogP contribution in [0.2, 0.25) is 0 Å². The molecule has 0 bridgehead atoms. The van der Waals surface area contributed by atoms with Gasteiger partial charge in [0.15, 0.2) is 0 Å². The van der Waals surface area contributed by atoms with E-state index in [9.17, 15) is 9.59 Å². The molecule has 2 heterocycles. The van der Waals surface area contributed by atoms with Crippen molar-refractivity contribution >= 4 is 12.0 Å². The Morgan fingerprint density at radius 1 is 1.32 bits per heavy atom. The van der Waals surface area contributed by atoms with Crippen LogP contribution in [0.1, 0.15) is 42.7 Å². The Bertz CT molecular complexity index is 569. The van der Waals surface area contributed by atoms with Crippen LogP contribution < -0.4 is 5.32 Å². The van der Waals surface area contributed by atoms with Crippen LogP contribution in [0.4, 0.5) is 4.79 Å². The number of aromatic nitrogens is 1. The predicted molar refractivity (Wildman–Crippen MR) is 77.3 cm³/mol. The Morgan fingerprint density at radius 3 is 2.95 bits per heavy atom. The second kappa shape index (κ2) is 6.37. The van der Waals surface area contributed by atoms with E-state index in [0.29, 0.717) is 19.5 Å². The Labute approximate surface area is 128 Å². The number of aryl methyl sites for hydroxylation is 1. The fraction of sp³-hybridized carbons (Fsp3) is 0.667. The third-order valence-electron chi connectivity index (χ3n) is 4.50. The van der Waals surface area contributed by atoms with Crippen molar-refractivity contribution in [1.29, 1.82) is 0 Å². The van der Waals surface area contributed by atoms with Crippen LogP contribution in [0.25, 0.3) is 0 Å². The highest BCUT2D eigenvalue weighted by molar-refractivity contribution is 5.76. The highest BCUT2D eigenvalue weighted by Gasteiger charge is 2.28. The fourth-order valence-corrected chi connectivity index (χ4v) is 3.22. The Hall–Kier alpha value is -2.05. The molecular weight excluding hydrogens is 286 g/mol. The molecule has 3 rings (SSSR count). The van der Waals surface area contributed by atoms with E-state index in [2.05, 4.69) is 10.5 Å². The van der Waals surface area contributed by atoms with Gasteiger partial charge in [-0.2, -0.15) is 0 Å². The largest absolute Gasteiger partial charge is 0.481 e. The molecule has 0 saturated carbocycles. The molecule has 7 heteroatoms. The van der Waals surface area contributed by atoms with Crippen LogP contribution >= 0.6 is 0 Å².